The molecule has 228 valence electrons. The van der Waals surface area contributed by atoms with Gasteiger partial charge in [-0.3, -0.25) is 0 Å². The Morgan fingerprint density at radius 1 is 0.805 bits per heavy atom. The lowest BCUT2D eigenvalue weighted by atomic mass is 9.77. The van der Waals surface area contributed by atoms with Crippen molar-refractivity contribution >= 4 is 23.7 Å². The first-order valence-electron chi connectivity index (χ1n) is 15.0. The second-order valence-electron chi connectivity index (χ2n) is 14.5. The van der Waals surface area contributed by atoms with Crippen molar-refractivity contribution in [3.63, 3.8) is 0 Å². The van der Waals surface area contributed by atoms with Crippen molar-refractivity contribution in [3.8, 4) is 5.75 Å². The molecular formula is C35H56O4Si2. The highest BCUT2D eigenvalue weighted by Crippen LogP contribution is 2.46. The summed E-state index contributed by atoms with van der Waals surface area (Å²) in [6.45, 7) is 28.6. The molecule has 0 radical (unpaired) electrons. The van der Waals surface area contributed by atoms with Gasteiger partial charge in [0.1, 0.15) is 12.4 Å². The molecule has 6 heteroatoms. The normalized spacial score (nSPS) is 15.2. The fraction of sp³-hybridized carbons (Fsp3) is 0.543. The van der Waals surface area contributed by atoms with Crippen LogP contribution in [-0.4, -0.2) is 28.8 Å². The lowest BCUT2D eigenvalue weighted by molar-refractivity contribution is 0.0653. The van der Waals surface area contributed by atoms with E-state index in [1.54, 1.807) is 19.9 Å². The number of benzene rings is 2. The van der Waals surface area contributed by atoms with Crippen LogP contribution < -0.4 is 4.74 Å². The van der Waals surface area contributed by atoms with Crippen LogP contribution in [0.1, 0.15) is 96.8 Å². The molecule has 0 heterocycles. The number of allylic oxidation sites excluding steroid dienone is 3. The SMILES string of the molecule is C/C(=C\C=C\C(C)(C)O)c1cccc(COc2ccc(C(O[SiH](C)C)C(C)(C)C)c(C(O[SiH](C)C)C(C)(C)C)c2)c1. The average molecular weight is 597 g/mol. The van der Waals surface area contributed by atoms with Crippen molar-refractivity contribution in [2.75, 3.05) is 0 Å². The van der Waals surface area contributed by atoms with E-state index in [-0.39, 0.29) is 23.0 Å². The summed E-state index contributed by atoms with van der Waals surface area (Å²) in [7, 11) is -2.63. The van der Waals surface area contributed by atoms with Crippen LogP contribution in [0.15, 0.2) is 60.7 Å². The largest absolute Gasteiger partial charge is 0.489 e. The molecule has 0 aliphatic rings. The third-order valence-electron chi connectivity index (χ3n) is 6.65. The van der Waals surface area contributed by atoms with Crippen LogP contribution in [0.25, 0.3) is 5.57 Å². The van der Waals surface area contributed by atoms with E-state index >= 15 is 0 Å². The van der Waals surface area contributed by atoms with E-state index in [4.69, 9.17) is 13.6 Å². The zero-order chi connectivity index (χ0) is 31.2. The molecule has 2 aromatic carbocycles. The molecule has 0 amide bonds. The molecule has 0 saturated heterocycles. The van der Waals surface area contributed by atoms with Crippen molar-refractivity contribution in [2.24, 2.45) is 10.8 Å². The molecule has 0 saturated carbocycles. The summed E-state index contributed by atoms with van der Waals surface area (Å²) in [6, 6.07) is 14.9. The molecule has 0 aliphatic carbocycles. The Hall–Kier alpha value is -1.97. The summed E-state index contributed by atoms with van der Waals surface area (Å²) in [5, 5.41) is 9.95. The van der Waals surface area contributed by atoms with Gasteiger partial charge in [0.05, 0.1) is 17.8 Å². The lowest BCUT2D eigenvalue weighted by Gasteiger charge is -2.39. The van der Waals surface area contributed by atoms with E-state index in [2.05, 4.69) is 117 Å². The maximum absolute atomic E-state index is 9.95. The molecule has 1 N–H and O–H groups in total. The quantitative estimate of drug-likeness (QED) is 0.196. The van der Waals surface area contributed by atoms with E-state index in [1.807, 2.05) is 12.2 Å². The van der Waals surface area contributed by atoms with Crippen molar-refractivity contribution in [2.45, 2.75) is 113 Å². The molecule has 2 atom stereocenters. The molecule has 41 heavy (non-hydrogen) atoms. The topological polar surface area (TPSA) is 47.9 Å². The monoisotopic (exact) mass is 596 g/mol. The standard InChI is InChI=1S/C35H56O4Si2/c1-25(16-15-21-35(8,9)36)27-18-14-17-26(22-27)24-37-28-19-20-29(31(33(2,3)4)38-40(10)11)30(23-28)32(34(5,6)7)39-41(12)13/h14-23,31-32,36,40-41H,24H2,1-13H3/b21-15+,25-16+. The molecular weight excluding hydrogens is 541 g/mol. The van der Waals surface area contributed by atoms with Gasteiger partial charge < -0.3 is 18.7 Å². The van der Waals surface area contributed by atoms with E-state index in [0.29, 0.717) is 6.61 Å². The van der Waals surface area contributed by atoms with Crippen molar-refractivity contribution < 1.29 is 18.7 Å². The second kappa shape index (κ2) is 14.5. The van der Waals surface area contributed by atoms with Crippen LogP contribution in [0.2, 0.25) is 26.2 Å². The number of hydrogen-bond acceptors (Lipinski definition) is 4. The fourth-order valence-electron chi connectivity index (χ4n) is 4.74. The predicted octanol–water partition coefficient (Wildman–Crippen LogP) is 9.17. The molecule has 0 bridgehead atoms. The predicted molar refractivity (Wildman–Crippen MR) is 181 cm³/mol. The minimum absolute atomic E-state index is 0.0163. The number of aliphatic hydroxyl groups is 1. The molecule has 0 aliphatic heterocycles. The summed E-state index contributed by atoms with van der Waals surface area (Å²) in [5.74, 6) is 0.840. The van der Waals surface area contributed by atoms with Crippen LogP contribution in [0, 0.1) is 10.8 Å². The average Bonchev–Trinajstić information content (AvgIpc) is 2.82. The highest BCUT2D eigenvalue weighted by Gasteiger charge is 2.36. The van der Waals surface area contributed by atoms with Crippen LogP contribution in [-0.2, 0) is 15.5 Å². The zero-order valence-corrected chi connectivity index (χ0v) is 30.3. The lowest BCUT2D eigenvalue weighted by Crippen LogP contribution is -2.31. The van der Waals surface area contributed by atoms with Gasteiger partial charge in [-0.1, -0.05) is 84.0 Å². The smallest absolute Gasteiger partial charge is 0.171 e. The van der Waals surface area contributed by atoms with Crippen molar-refractivity contribution in [1.82, 2.24) is 0 Å². The molecule has 0 spiro atoms. The van der Waals surface area contributed by atoms with Gasteiger partial charge in [-0.2, -0.15) is 0 Å². The Morgan fingerprint density at radius 2 is 1.37 bits per heavy atom. The van der Waals surface area contributed by atoms with Crippen molar-refractivity contribution in [1.29, 1.82) is 0 Å². The van der Waals surface area contributed by atoms with E-state index in [1.165, 1.54) is 11.1 Å². The number of hydrogen-bond donors (Lipinski definition) is 1. The van der Waals surface area contributed by atoms with E-state index in [9.17, 15) is 5.11 Å². The summed E-state index contributed by atoms with van der Waals surface area (Å²) >= 11 is 0. The Bertz CT molecular complexity index is 1180. The van der Waals surface area contributed by atoms with Gasteiger partial charge in [0, 0.05) is 0 Å². The fourth-order valence-corrected chi connectivity index (χ4v) is 6.94. The Balaban J connectivity index is 2.47. The third kappa shape index (κ3) is 11.7. The molecule has 0 aromatic heterocycles. The maximum Gasteiger partial charge on any atom is 0.171 e. The molecule has 0 fully saturated rings. The highest BCUT2D eigenvalue weighted by atomic mass is 28.3. The van der Waals surface area contributed by atoms with Crippen LogP contribution >= 0.6 is 0 Å². The minimum atomic E-state index is -1.33. The van der Waals surface area contributed by atoms with E-state index < -0.39 is 23.7 Å². The zero-order valence-electron chi connectivity index (χ0n) is 28.0. The van der Waals surface area contributed by atoms with Gasteiger partial charge in [-0.05, 0) is 104 Å². The molecule has 4 nitrogen and oxygen atoms in total. The van der Waals surface area contributed by atoms with Crippen molar-refractivity contribution in [3.05, 3.63) is 82.9 Å². The van der Waals surface area contributed by atoms with Gasteiger partial charge >= 0.3 is 0 Å². The Kier molecular flexibility index (Phi) is 12.4. The first-order valence-corrected chi connectivity index (χ1v) is 20.6. The Labute approximate surface area is 254 Å². The maximum atomic E-state index is 9.95. The van der Waals surface area contributed by atoms with Crippen LogP contribution in [0.4, 0.5) is 0 Å². The van der Waals surface area contributed by atoms with Gasteiger partial charge in [0.15, 0.2) is 18.1 Å². The molecule has 2 unspecified atom stereocenters. The third-order valence-corrected chi connectivity index (χ3v) is 8.28. The first kappa shape index (κ1) is 35.2. The van der Waals surface area contributed by atoms with Gasteiger partial charge in [0.2, 0.25) is 0 Å². The summed E-state index contributed by atoms with van der Waals surface area (Å²) in [6.07, 6.45) is 5.66. The first-order chi connectivity index (χ1) is 18.8. The second-order valence-corrected chi connectivity index (χ2v) is 19.2. The van der Waals surface area contributed by atoms with Gasteiger partial charge in [0.25, 0.3) is 0 Å². The molecule has 2 aromatic rings. The molecule has 2 rings (SSSR count). The van der Waals surface area contributed by atoms with Crippen LogP contribution in [0.3, 0.4) is 0 Å². The van der Waals surface area contributed by atoms with Gasteiger partial charge in [-0.25, -0.2) is 0 Å². The number of ether oxygens (including phenoxy) is 1. The van der Waals surface area contributed by atoms with E-state index in [0.717, 1.165) is 22.4 Å². The summed E-state index contributed by atoms with van der Waals surface area (Å²) < 4.78 is 19.8. The minimum Gasteiger partial charge on any atom is -0.489 e. The Morgan fingerprint density at radius 3 is 1.88 bits per heavy atom. The van der Waals surface area contributed by atoms with Gasteiger partial charge in [-0.15, -0.1) is 0 Å². The highest BCUT2D eigenvalue weighted by molar-refractivity contribution is 6.48. The summed E-state index contributed by atoms with van der Waals surface area (Å²) in [4.78, 5) is 0. The number of rotatable bonds is 12. The summed E-state index contributed by atoms with van der Waals surface area (Å²) in [5.41, 5.74) is 4.79. The van der Waals surface area contributed by atoms with Crippen LogP contribution in [0.5, 0.6) is 5.75 Å².